The van der Waals surface area contributed by atoms with Gasteiger partial charge in [0.15, 0.2) is 0 Å². The number of aromatic nitrogens is 1. The highest BCUT2D eigenvalue weighted by molar-refractivity contribution is 5.81. The van der Waals surface area contributed by atoms with Crippen molar-refractivity contribution in [1.82, 2.24) is 4.57 Å². The molecule has 6 heteroatoms. The zero-order chi connectivity index (χ0) is 13.9. The van der Waals surface area contributed by atoms with Gasteiger partial charge < -0.3 is 14.0 Å². The second-order valence-corrected chi connectivity index (χ2v) is 4.10. The number of hydrogen-bond acceptors (Lipinski definition) is 2. The topological polar surface area (TPSA) is 23.4 Å². The molecule has 1 aromatic heterocycles. The average Bonchev–Trinajstić information content (AvgIpc) is 2.75. The van der Waals surface area contributed by atoms with E-state index in [1.54, 1.807) is 7.11 Å². The van der Waals surface area contributed by atoms with Crippen molar-refractivity contribution in [2.24, 2.45) is 0 Å². The first kappa shape index (κ1) is 13.7. The quantitative estimate of drug-likeness (QED) is 0.781. The molecule has 0 unspecified atom stereocenters. The summed E-state index contributed by atoms with van der Waals surface area (Å²) >= 11 is 0. The minimum absolute atomic E-state index is 0.0231. The largest absolute Gasteiger partial charge is 0.497 e. The maximum Gasteiger partial charge on any atom is 0.411 e. The lowest BCUT2D eigenvalue weighted by Gasteiger charge is -2.09. The number of methoxy groups -OCH3 is 1. The van der Waals surface area contributed by atoms with Crippen LogP contribution < -0.4 is 4.74 Å². The Balaban J connectivity index is 1.98. The zero-order valence-corrected chi connectivity index (χ0v) is 10.4. The predicted octanol–water partition coefficient (Wildman–Crippen LogP) is 3.23. The lowest BCUT2D eigenvalue weighted by molar-refractivity contribution is -0.174. The van der Waals surface area contributed by atoms with E-state index in [1.165, 1.54) is 0 Å². The van der Waals surface area contributed by atoms with Crippen LogP contribution in [-0.2, 0) is 11.3 Å². The first-order valence-corrected chi connectivity index (χ1v) is 5.77. The highest BCUT2D eigenvalue weighted by Gasteiger charge is 2.27. The van der Waals surface area contributed by atoms with Gasteiger partial charge in [-0.2, -0.15) is 13.2 Å². The van der Waals surface area contributed by atoms with Gasteiger partial charge in [0, 0.05) is 23.6 Å². The third-order valence-corrected chi connectivity index (χ3v) is 2.72. The third-order valence-electron chi connectivity index (χ3n) is 2.72. The molecule has 3 nitrogen and oxygen atoms in total. The smallest absolute Gasteiger partial charge is 0.411 e. The zero-order valence-electron chi connectivity index (χ0n) is 10.4. The number of halogens is 3. The summed E-state index contributed by atoms with van der Waals surface area (Å²) < 4.78 is 47.3. The van der Waals surface area contributed by atoms with Crippen molar-refractivity contribution >= 4 is 10.9 Å². The van der Waals surface area contributed by atoms with Crippen LogP contribution >= 0.6 is 0 Å². The Bertz CT molecular complexity index is 548. The number of hydrogen-bond donors (Lipinski definition) is 0. The number of ether oxygens (including phenoxy) is 2. The normalized spacial score (nSPS) is 12.0. The van der Waals surface area contributed by atoms with Gasteiger partial charge in [-0.25, -0.2) is 0 Å². The molecule has 0 fully saturated rings. The standard InChI is InChI=1S/C13H14F3NO2/c1-18-11-2-3-12-10(8-11)4-5-17(12)6-7-19-9-13(14,15)16/h2-5,8H,6-7,9H2,1H3. The van der Waals surface area contributed by atoms with Crippen molar-refractivity contribution in [3.05, 3.63) is 30.5 Å². The summed E-state index contributed by atoms with van der Waals surface area (Å²) in [6, 6.07) is 7.46. The molecule has 0 aliphatic rings. The van der Waals surface area contributed by atoms with E-state index in [0.29, 0.717) is 6.54 Å². The molecular formula is C13H14F3NO2. The van der Waals surface area contributed by atoms with Crippen LogP contribution in [0.1, 0.15) is 0 Å². The molecule has 104 valence electrons. The van der Waals surface area contributed by atoms with E-state index in [2.05, 4.69) is 4.74 Å². The minimum Gasteiger partial charge on any atom is -0.497 e. The molecule has 0 bridgehead atoms. The Hall–Kier alpha value is -1.69. The Kier molecular flexibility index (Phi) is 3.99. The molecule has 1 aromatic carbocycles. The molecule has 19 heavy (non-hydrogen) atoms. The van der Waals surface area contributed by atoms with E-state index < -0.39 is 12.8 Å². The lowest BCUT2D eigenvalue weighted by Crippen LogP contribution is -2.18. The molecule has 0 saturated carbocycles. The van der Waals surface area contributed by atoms with Crippen molar-refractivity contribution in [2.75, 3.05) is 20.3 Å². The van der Waals surface area contributed by atoms with Crippen molar-refractivity contribution < 1.29 is 22.6 Å². The molecule has 1 heterocycles. The van der Waals surface area contributed by atoms with E-state index in [-0.39, 0.29) is 6.61 Å². The monoisotopic (exact) mass is 273 g/mol. The van der Waals surface area contributed by atoms with Crippen LogP contribution in [0.3, 0.4) is 0 Å². The van der Waals surface area contributed by atoms with Crippen LogP contribution in [0.25, 0.3) is 10.9 Å². The molecule has 0 aliphatic carbocycles. The average molecular weight is 273 g/mol. The third kappa shape index (κ3) is 3.64. The summed E-state index contributed by atoms with van der Waals surface area (Å²) in [7, 11) is 1.59. The van der Waals surface area contributed by atoms with Crippen LogP contribution in [0.5, 0.6) is 5.75 Å². The van der Waals surface area contributed by atoms with Gasteiger partial charge in [0.2, 0.25) is 0 Å². The van der Waals surface area contributed by atoms with E-state index in [4.69, 9.17) is 4.74 Å². The summed E-state index contributed by atoms with van der Waals surface area (Å²) in [5.74, 6) is 0.749. The van der Waals surface area contributed by atoms with Crippen LogP contribution in [0.15, 0.2) is 30.5 Å². The minimum atomic E-state index is -4.27. The summed E-state index contributed by atoms with van der Waals surface area (Å²) in [6.07, 6.45) is -2.45. The second-order valence-electron chi connectivity index (χ2n) is 4.10. The van der Waals surface area contributed by atoms with Crippen molar-refractivity contribution in [3.63, 3.8) is 0 Å². The summed E-state index contributed by atoms with van der Waals surface area (Å²) in [6.45, 7) is -0.804. The molecule has 0 aliphatic heterocycles. The van der Waals surface area contributed by atoms with Gasteiger partial charge in [0.1, 0.15) is 12.4 Å². The second kappa shape index (κ2) is 5.52. The maximum absolute atomic E-state index is 11.9. The van der Waals surface area contributed by atoms with Gasteiger partial charge in [0.25, 0.3) is 0 Å². The van der Waals surface area contributed by atoms with Crippen molar-refractivity contribution in [1.29, 1.82) is 0 Å². The van der Waals surface area contributed by atoms with Gasteiger partial charge in [-0.3, -0.25) is 0 Å². The van der Waals surface area contributed by atoms with E-state index in [1.807, 2.05) is 35.0 Å². The first-order valence-electron chi connectivity index (χ1n) is 5.77. The number of alkyl halides is 3. The van der Waals surface area contributed by atoms with E-state index in [9.17, 15) is 13.2 Å². The van der Waals surface area contributed by atoms with Crippen molar-refractivity contribution in [3.8, 4) is 5.75 Å². The van der Waals surface area contributed by atoms with Gasteiger partial charge in [-0.05, 0) is 24.3 Å². The molecule has 0 atom stereocenters. The molecular weight excluding hydrogens is 259 g/mol. The molecule has 0 spiro atoms. The first-order chi connectivity index (χ1) is 8.99. The Morgan fingerprint density at radius 3 is 2.68 bits per heavy atom. The number of fused-ring (bicyclic) bond motifs is 1. The van der Waals surface area contributed by atoms with E-state index >= 15 is 0 Å². The van der Waals surface area contributed by atoms with Crippen LogP contribution in [0.4, 0.5) is 13.2 Å². The van der Waals surface area contributed by atoms with Gasteiger partial charge in [0.05, 0.1) is 13.7 Å². The summed E-state index contributed by atoms with van der Waals surface area (Å²) in [5.41, 5.74) is 0.941. The van der Waals surface area contributed by atoms with Gasteiger partial charge in [-0.1, -0.05) is 0 Å². The number of nitrogens with zero attached hydrogens (tertiary/aromatic N) is 1. The SMILES string of the molecule is COc1ccc2c(ccn2CCOCC(F)(F)F)c1. The summed E-state index contributed by atoms with van der Waals surface area (Å²) in [4.78, 5) is 0. The fourth-order valence-electron chi connectivity index (χ4n) is 1.85. The van der Waals surface area contributed by atoms with E-state index in [0.717, 1.165) is 16.7 Å². The molecule has 0 saturated heterocycles. The van der Waals surface area contributed by atoms with Crippen molar-refractivity contribution in [2.45, 2.75) is 12.7 Å². The molecule has 2 aromatic rings. The lowest BCUT2D eigenvalue weighted by atomic mass is 10.2. The predicted molar refractivity (Wildman–Crippen MR) is 65.4 cm³/mol. The maximum atomic E-state index is 11.9. The fourth-order valence-corrected chi connectivity index (χ4v) is 1.85. The van der Waals surface area contributed by atoms with Gasteiger partial charge >= 0.3 is 6.18 Å². The highest BCUT2D eigenvalue weighted by Crippen LogP contribution is 2.21. The fraction of sp³-hybridized carbons (Fsp3) is 0.385. The molecule has 0 amide bonds. The Labute approximate surface area is 108 Å². The Morgan fingerprint density at radius 1 is 1.21 bits per heavy atom. The van der Waals surface area contributed by atoms with Crippen LogP contribution in [0.2, 0.25) is 0 Å². The van der Waals surface area contributed by atoms with Crippen LogP contribution in [0, 0.1) is 0 Å². The Morgan fingerprint density at radius 2 is 2.00 bits per heavy atom. The number of rotatable bonds is 5. The van der Waals surface area contributed by atoms with Gasteiger partial charge in [-0.15, -0.1) is 0 Å². The van der Waals surface area contributed by atoms with Crippen LogP contribution in [-0.4, -0.2) is 31.1 Å². The summed E-state index contributed by atoms with van der Waals surface area (Å²) in [5, 5.41) is 0.982. The highest BCUT2D eigenvalue weighted by atomic mass is 19.4. The number of benzene rings is 1. The molecule has 0 radical (unpaired) electrons. The molecule has 0 N–H and O–H groups in total. The molecule has 2 rings (SSSR count).